The molecule has 0 radical (unpaired) electrons. The molecule has 7 heteroatoms. The molecule has 2 fully saturated rings. The van der Waals surface area contributed by atoms with Gasteiger partial charge >= 0.3 is 5.97 Å². The highest BCUT2D eigenvalue weighted by Gasteiger charge is 2.59. The Kier molecular flexibility index (Phi) is 4.55. The highest BCUT2D eigenvalue weighted by atomic mass is 16.4. The maximum Gasteiger partial charge on any atom is 0.335 e. The predicted octanol–water partition coefficient (Wildman–Crippen LogP) is 3.84. The largest absolute Gasteiger partial charge is 0.478 e. The third-order valence-electron chi connectivity index (χ3n) is 7.54. The van der Waals surface area contributed by atoms with Crippen molar-refractivity contribution in [1.29, 1.82) is 0 Å². The summed E-state index contributed by atoms with van der Waals surface area (Å²) >= 11 is 0. The van der Waals surface area contributed by atoms with Crippen LogP contribution in [0.3, 0.4) is 0 Å². The van der Waals surface area contributed by atoms with Crippen LogP contribution in [0.15, 0.2) is 65.8 Å². The minimum Gasteiger partial charge on any atom is -0.478 e. The molecule has 3 aromatic rings. The number of aromatic carboxylic acids is 1. The van der Waals surface area contributed by atoms with Gasteiger partial charge in [0, 0.05) is 28.7 Å². The smallest absolute Gasteiger partial charge is 0.335 e. The Morgan fingerprint density at radius 1 is 1.06 bits per heavy atom. The van der Waals surface area contributed by atoms with Crippen LogP contribution >= 0.6 is 0 Å². The van der Waals surface area contributed by atoms with Gasteiger partial charge in [-0.25, -0.2) is 4.79 Å². The molecule has 1 aliphatic heterocycles. The molecular formula is C27H23N3O4. The number of carboxylic acid groups (broad SMARTS) is 1. The summed E-state index contributed by atoms with van der Waals surface area (Å²) in [6, 6.07) is 14.8. The fraction of sp³-hybridized carbons (Fsp3) is 0.259. The molecule has 3 aliphatic rings. The fourth-order valence-corrected chi connectivity index (χ4v) is 5.93. The molecule has 0 unspecified atom stereocenters. The standard InChI is InChI=1S/C27H23N3O4/c1-15-21(13-28-30-25(31)23-17-9-10-18(12-17)24(23)26(30)32)20-7-2-3-8-22(20)29(15)14-16-5-4-6-19(11-16)27(33)34/h2-11,13,17-18,23-24H,12,14H2,1H3,(H,33,34)/t17-,18-,23-,24+/m0/s1. The lowest BCUT2D eigenvalue weighted by Gasteiger charge is -2.13. The van der Waals surface area contributed by atoms with Crippen LogP contribution < -0.4 is 0 Å². The Hall–Kier alpha value is -4.00. The number of carbonyl (C=O) groups is 3. The Bertz CT molecular complexity index is 1400. The summed E-state index contributed by atoms with van der Waals surface area (Å²) in [5, 5.41) is 15.8. The lowest BCUT2D eigenvalue weighted by molar-refractivity contribution is -0.140. The predicted molar refractivity (Wildman–Crippen MR) is 126 cm³/mol. The number of carboxylic acids is 1. The summed E-state index contributed by atoms with van der Waals surface area (Å²) in [7, 11) is 0. The van der Waals surface area contributed by atoms with E-state index in [9.17, 15) is 19.5 Å². The third kappa shape index (κ3) is 2.96. The van der Waals surface area contributed by atoms with Gasteiger partial charge in [0.05, 0.1) is 23.6 Å². The van der Waals surface area contributed by atoms with Crippen LogP contribution in [0.2, 0.25) is 0 Å². The van der Waals surface area contributed by atoms with Crippen molar-refractivity contribution in [2.75, 3.05) is 0 Å². The van der Waals surface area contributed by atoms with Crippen molar-refractivity contribution >= 4 is 34.9 Å². The number of hydrogen-bond donors (Lipinski definition) is 1. The molecule has 1 N–H and O–H groups in total. The number of nitrogens with zero attached hydrogens (tertiary/aromatic N) is 3. The molecule has 2 aliphatic carbocycles. The first-order valence-corrected chi connectivity index (χ1v) is 11.4. The van der Waals surface area contributed by atoms with Crippen LogP contribution in [0, 0.1) is 30.6 Å². The van der Waals surface area contributed by atoms with Crippen LogP contribution in [0.1, 0.15) is 33.6 Å². The summed E-state index contributed by atoms with van der Waals surface area (Å²) in [6.07, 6.45) is 6.65. The minimum absolute atomic E-state index is 0.150. The van der Waals surface area contributed by atoms with E-state index in [1.807, 2.05) is 37.3 Å². The first-order valence-electron chi connectivity index (χ1n) is 11.4. The van der Waals surface area contributed by atoms with Crippen molar-refractivity contribution < 1.29 is 19.5 Å². The molecule has 2 bridgehead atoms. The number of rotatable bonds is 5. The normalized spacial score (nSPS) is 25.3. The summed E-state index contributed by atoms with van der Waals surface area (Å²) < 4.78 is 2.10. The molecule has 34 heavy (non-hydrogen) atoms. The van der Waals surface area contributed by atoms with E-state index < -0.39 is 5.97 Å². The van der Waals surface area contributed by atoms with E-state index in [1.165, 1.54) is 0 Å². The number of hydrogen-bond acceptors (Lipinski definition) is 4. The van der Waals surface area contributed by atoms with Crippen molar-refractivity contribution in [2.45, 2.75) is 19.9 Å². The van der Waals surface area contributed by atoms with Gasteiger partial charge in [-0.2, -0.15) is 10.1 Å². The molecule has 2 aromatic carbocycles. The summed E-state index contributed by atoms with van der Waals surface area (Å²) in [5.41, 5.74) is 3.84. The molecule has 7 nitrogen and oxygen atoms in total. The van der Waals surface area contributed by atoms with E-state index >= 15 is 0 Å². The summed E-state index contributed by atoms with van der Waals surface area (Å²) in [5.74, 6) is -1.61. The summed E-state index contributed by atoms with van der Waals surface area (Å²) in [6.45, 7) is 2.46. The van der Waals surface area contributed by atoms with Crippen LogP contribution in [0.5, 0.6) is 0 Å². The first kappa shape index (κ1) is 20.6. The molecule has 6 rings (SSSR count). The lowest BCUT2D eigenvalue weighted by Crippen LogP contribution is -2.28. The minimum atomic E-state index is -0.961. The van der Waals surface area contributed by atoms with E-state index in [1.54, 1.807) is 24.4 Å². The SMILES string of the molecule is Cc1c(C=NN2C(=O)[C@@H]3[C@H](C2=O)[C@H]2C=C[C@H]3C2)c2ccccc2n1Cc1cccc(C(=O)O)c1. The number of amides is 2. The first-order chi connectivity index (χ1) is 16.4. The molecular weight excluding hydrogens is 430 g/mol. The maximum absolute atomic E-state index is 13.0. The zero-order chi connectivity index (χ0) is 23.6. The topological polar surface area (TPSA) is 92.0 Å². The third-order valence-corrected chi connectivity index (χ3v) is 7.54. The molecule has 2 amide bonds. The number of benzene rings is 2. The molecule has 1 saturated carbocycles. The van der Waals surface area contributed by atoms with E-state index in [0.29, 0.717) is 6.54 Å². The fourth-order valence-electron chi connectivity index (χ4n) is 5.93. The van der Waals surface area contributed by atoms with Gasteiger partial charge in [-0.3, -0.25) is 9.59 Å². The van der Waals surface area contributed by atoms with Gasteiger partial charge in [0.15, 0.2) is 0 Å². The quantitative estimate of drug-likeness (QED) is 0.361. The number of allylic oxidation sites excluding steroid dienone is 2. The van der Waals surface area contributed by atoms with Crippen LogP contribution in [-0.2, 0) is 16.1 Å². The zero-order valence-corrected chi connectivity index (χ0v) is 18.6. The average Bonchev–Trinajstić information content (AvgIpc) is 3.57. The molecule has 0 spiro atoms. The zero-order valence-electron chi connectivity index (χ0n) is 18.6. The second-order valence-electron chi connectivity index (χ2n) is 9.34. The molecule has 2 heterocycles. The number of carbonyl (C=O) groups excluding carboxylic acids is 2. The Morgan fingerprint density at radius 2 is 1.76 bits per heavy atom. The van der Waals surface area contributed by atoms with E-state index in [4.69, 9.17) is 0 Å². The van der Waals surface area contributed by atoms with Gasteiger partial charge in [-0.1, -0.05) is 42.5 Å². The van der Waals surface area contributed by atoms with Crippen molar-refractivity contribution in [3.8, 4) is 0 Å². The van der Waals surface area contributed by atoms with Gasteiger partial charge in [0.25, 0.3) is 11.8 Å². The molecule has 1 saturated heterocycles. The second kappa shape index (κ2) is 7.52. The highest BCUT2D eigenvalue weighted by molar-refractivity contribution is 6.08. The second-order valence-corrected chi connectivity index (χ2v) is 9.34. The highest BCUT2D eigenvalue weighted by Crippen LogP contribution is 2.52. The van der Waals surface area contributed by atoms with Crippen molar-refractivity contribution in [3.05, 3.63) is 83.1 Å². The lowest BCUT2D eigenvalue weighted by atomic mass is 9.85. The number of para-hydroxylation sites is 1. The maximum atomic E-state index is 13.0. The van der Waals surface area contributed by atoms with Crippen molar-refractivity contribution in [1.82, 2.24) is 9.58 Å². The number of aromatic nitrogens is 1. The van der Waals surface area contributed by atoms with Crippen molar-refractivity contribution in [3.63, 3.8) is 0 Å². The average molecular weight is 453 g/mol. The Labute approximate surface area is 196 Å². The van der Waals surface area contributed by atoms with Gasteiger partial charge in [-0.05, 0) is 48.9 Å². The van der Waals surface area contributed by atoms with Gasteiger partial charge in [-0.15, -0.1) is 0 Å². The van der Waals surface area contributed by atoms with Crippen LogP contribution in [-0.4, -0.2) is 38.7 Å². The van der Waals surface area contributed by atoms with E-state index in [-0.39, 0.29) is 41.0 Å². The van der Waals surface area contributed by atoms with E-state index in [0.717, 1.165) is 39.2 Å². The van der Waals surface area contributed by atoms with Gasteiger partial charge in [0.1, 0.15) is 0 Å². The monoisotopic (exact) mass is 453 g/mol. The molecule has 4 atom stereocenters. The number of fused-ring (bicyclic) bond motifs is 6. The van der Waals surface area contributed by atoms with Gasteiger partial charge in [0.2, 0.25) is 0 Å². The Morgan fingerprint density at radius 3 is 2.47 bits per heavy atom. The Balaban J connectivity index is 1.35. The number of imide groups is 1. The van der Waals surface area contributed by atoms with Gasteiger partial charge < -0.3 is 9.67 Å². The van der Waals surface area contributed by atoms with E-state index in [2.05, 4.69) is 21.8 Å². The number of hydrazone groups is 1. The summed E-state index contributed by atoms with van der Waals surface area (Å²) in [4.78, 5) is 37.4. The molecule has 170 valence electrons. The van der Waals surface area contributed by atoms with Crippen LogP contribution in [0.25, 0.3) is 10.9 Å². The molecule has 1 aromatic heterocycles. The van der Waals surface area contributed by atoms with Crippen LogP contribution in [0.4, 0.5) is 0 Å². The van der Waals surface area contributed by atoms with Crippen molar-refractivity contribution in [2.24, 2.45) is 28.8 Å².